The molecular weight excluding hydrogens is 416 g/mol. The molecule has 0 aliphatic carbocycles. The SMILES string of the molecule is COc1ccc(C(C)NC(=O)c2cc(-c3cc(OC)ccc3OC)nc3ccccc23)cc1. The van der Waals surface area contributed by atoms with Gasteiger partial charge in [0, 0.05) is 10.9 Å². The maximum absolute atomic E-state index is 13.4. The van der Waals surface area contributed by atoms with E-state index in [0.717, 1.165) is 27.8 Å². The fraction of sp³-hybridized carbons (Fsp3) is 0.185. The van der Waals surface area contributed by atoms with Crippen LogP contribution in [0.1, 0.15) is 28.9 Å². The van der Waals surface area contributed by atoms with Crippen LogP contribution in [0, 0.1) is 0 Å². The highest BCUT2D eigenvalue weighted by atomic mass is 16.5. The Hall–Kier alpha value is -4.06. The molecule has 1 N–H and O–H groups in total. The molecule has 33 heavy (non-hydrogen) atoms. The van der Waals surface area contributed by atoms with Gasteiger partial charge in [0.25, 0.3) is 5.91 Å². The van der Waals surface area contributed by atoms with E-state index in [0.29, 0.717) is 22.8 Å². The highest BCUT2D eigenvalue weighted by Gasteiger charge is 2.18. The van der Waals surface area contributed by atoms with Crippen LogP contribution in [0.15, 0.2) is 72.8 Å². The largest absolute Gasteiger partial charge is 0.497 e. The van der Waals surface area contributed by atoms with Crippen molar-refractivity contribution in [1.82, 2.24) is 10.3 Å². The lowest BCUT2D eigenvalue weighted by atomic mass is 10.0. The molecule has 1 unspecified atom stereocenters. The molecule has 0 bridgehead atoms. The summed E-state index contributed by atoms with van der Waals surface area (Å²) in [4.78, 5) is 18.2. The minimum absolute atomic E-state index is 0.181. The van der Waals surface area contributed by atoms with Gasteiger partial charge >= 0.3 is 0 Å². The third kappa shape index (κ3) is 4.60. The second-order valence-corrected chi connectivity index (χ2v) is 7.61. The molecule has 4 aromatic rings. The highest BCUT2D eigenvalue weighted by molar-refractivity contribution is 6.07. The molecular formula is C27H26N2O4. The van der Waals surface area contributed by atoms with Crippen LogP contribution in [-0.2, 0) is 0 Å². The summed E-state index contributed by atoms with van der Waals surface area (Å²) in [5, 5.41) is 3.89. The molecule has 0 saturated carbocycles. The summed E-state index contributed by atoms with van der Waals surface area (Å²) in [6, 6.07) is 22.4. The zero-order valence-corrected chi connectivity index (χ0v) is 19.1. The molecule has 0 fully saturated rings. The molecule has 0 spiro atoms. The molecule has 0 saturated heterocycles. The van der Waals surface area contributed by atoms with Crippen molar-refractivity contribution in [3.8, 4) is 28.5 Å². The number of pyridine rings is 1. The molecule has 168 valence electrons. The quantitative estimate of drug-likeness (QED) is 0.414. The van der Waals surface area contributed by atoms with Gasteiger partial charge in [-0.05, 0) is 55.0 Å². The van der Waals surface area contributed by atoms with Gasteiger partial charge in [-0.1, -0.05) is 30.3 Å². The molecule has 6 heteroatoms. The Kier molecular flexibility index (Phi) is 6.45. The average Bonchev–Trinajstić information content (AvgIpc) is 2.87. The molecule has 0 radical (unpaired) electrons. The Balaban J connectivity index is 1.75. The first-order chi connectivity index (χ1) is 16.0. The van der Waals surface area contributed by atoms with Crippen molar-refractivity contribution in [3.63, 3.8) is 0 Å². The zero-order valence-electron chi connectivity index (χ0n) is 19.1. The molecule has 6 nitrogen and oxygen atoms in total. The average molecular weight is 443 g/mol. The Bertz CT molecular complexity index is 1290. The molecule has 1 atom stereocenters. The fourth-order valence-corrected chi connectivity index (χ4v) is 3.77. The third-order valence-electron chi connectivity index (χ3n) is 5.61. The van der Waals surface area contributed by atoms with Crippen LogP contribution in [0.25, 0.3) is 22.2 Å². The van der Waals surface area contributed by atoms with Crippen molar-refractivity contribution in [2.45, 2.75) is 13.0 Å². The predicted molar refractivity (Wildman–Crippen MR) is 129 cm³/mol. The summed E-state index contributed by atoms with van der Waals surface area (Å²) in [5.74, 6) is 1.92. The number of methoxy groups -OCH3 is 3. The van der Waals surface area contributed by atoms with Crippen LogP contribution in [0.5, 0.6) is 17.2 Å². The maximum Gasteiger partial charge on any atom is 0.252 e. The molecule has 0 aliphatic heterocycles. The number of fused-ring (bicyclic) bond motifs is 1. The van der Waals surface area contributed by atoms with Crippen molar-refractivity contribution in [1.29, 1.82) is 0 Å². The topological polar surface area (TPSA) is 69.7 Å². The van der Waals surface area contributed by atoms with E-state index in [1.165, 1.54) is 0 Å². The van der Waals surface area contributed by atoms with Gasteiger partial charge in [-0.2, -0.15) is 0 Å². The van der Waals surface area contributed by atoms with E-state index in [1.807, 2.05) is 73.7 Å². The van der Waals surface area contributed by atoms with Gasteiger partial charge in [0.15, 0.2) is 0 Å². The summed E-state index contributed by atoms with van der Waals surface area (Å²) < 4.78 is 16.2. The molecule has 1 amide bonds. The second-order valence-electron chi connectivity index (χ2n) is 7.61. The van der Waals surface area contributed by atoms with Crippen molar-refractivity contribution < 1.29 is 19.0 Å². The Morgan fingerprint density at radius 1 is 0.848 bits per heavy atom. The summed E-state index contributed by atoms with van der Waals surface area (Å²) in [6.07, 6.45) is 0. The summed E-state index contributed by atoms with van der Waals surface area (Å²) >= 11 is 0. The third-order valence-corrected chi connectivity index (χ3v) is 5.61. The van der Waals surface area contributed by atoms with Crippen molar-refractivity contribution >= 4 is 16.8 Å². The lowest BCUT2D eigenvalue weighted by molar-refractivity contribution is 0.0941. The van der Waals surface area contributed by atoms with Crippen LogP contribution in [0.2, 0.25) is 0 Å². The Morgan fingerprint density at radius 3 is 2.24 bits per heavy atom. The maximum atomic E-state index is 13.4. The molecule has 4 rings (SSSR count). The molecule has 3 aromatic carbocycles. The van der Waals surface area contributed by atoms with Crippen LogP contribution >= 0.6 is 0 Å². The van der Waals surface area contributed by atoms with Crippen LogP contribution in [0.4, 0.5) is 0 Å². The smallest absolute Gasteiger partial charge is 0.252 e. The number of rotatable bonds is 7. The number of nitrogens with zero attached hydrogens (tertiary/aromatic N) is 1. The van der Waals surface area contributed by atoms with Gasteiger partial charge < -0.3 is 19.5 Å². The number of carbonyl (C=O) groups excluding carboxylic acids is 1. The molecule has 0 aliphatic rings. The Morgan fingerprint density at radius 2 is 1.55 bits per heavy atom. The van der Waals surface area contributed by atoms with Crippen molar-refractivity contribution in [2.24, 2.45) is 0 Å². The molecule has 1 heterocycles. The van der Waals surface area contributed by atoms with E-state index >= 15 is 0 Å². The van der Waals surface area contributed by atoms with E-state index in [4.69, 9.17) is 19.2 Å². The van der Waals surface area contributed by atoms with E-state index in [9.17, 15) is 4.79 Å². The number of amides is 1. The van der Waals surface area contributed by atoms with Crippen molar-refractivity contribution in [2.75, 3.05) is 21.3 Å². The number of carbonyl (C=O) groups is 1. The van der Waals surface area contributed by atoms with Gasteiger partial charge in [0.2, 0.25) is 0 Å². The number of hydrogen-bond donors (Lipinski definition) is 1. The first kappa shape index (κ1) is 22.1. The zero-order chi connectivity index (χ0) is 23.4. The summed E-state index contributed by atoms with van der Waals surface area (Å²) in [6.45, 7) is 1.95. The number of benzene rings is 3. The monoisotopic (exact) mass is 442 g/mol. The minimum atomic E-state index is -0.190. The van der Waals surface area contributed by atoms with Gasteiger partial charge in [-0.15, -0.1) is 0 Å². The predicted octanol–water partition coefficient (Wildman–Crippen LogP) is 5.42. The number of para-hydroxylation sites is 1. The van der Waals surface area contributed by atoms with Crippen LogP contribution < -0.4 is 19.5 Å². The van der Waals surface area contributed by atoms with E-state index in [1.54, 1.807) is 27.4 Å². The summed E-state index contributed by atoms with van der Waals surface area (Å²) in [5.41, 5.74) is 3.63. The number of nitrogens with one attached hydrogen (secondary N) is 1. The van der Waals surface area contributed by atoms with Gasteiger partial charge in [0.05, 0.1) is 44.1 Å². The van der Waals surface area contributed by atoms with Gasteiger partial charge in [-0.25, -0.2) is 4.98 Å². The lowest BCUT2D eigenvalue weighted by Crippen LogP contribution is -2.27. The lowest BCUT2D eigenvalue weighted by Gasteiger charge is -2.17. The minimum Gasteiger partial charge on any atom is -0.497 e. The number of aromatic nitrogens is 1. The van der Waals surface area contributed by atoms with Gasteiger partial charge in [-0.3, -0.25) is 4.79 Å². The van der Waals surface area contributed by atoms with Crippen molar-refractivity contribution in [3.05, 3.63) is 83.9 Å². The fourth-order valence-electron chi connectivity index (χ4n) is 3.77. The standard InChI is InChI=1S/C27H26N2O4/c1-17(18-9-11-19(31-2)12-10-18)28-27(30)22-16-25(29-24-8-6-5-7-21(22)24)23-15-20(32-3)13-14-26(23)33-4/h5-17H,1-4H3,(H,28,30). The summed E-state index contributed by atoms with van der Waals surface area (Å²) in [7, 11) is 4.85. The van der Waals surface area contributed by atoms with E-state index < -0.39 is 0 Å². The first-order valence-electron chi connectivity index (χ1n) is 10.6. The van der Waals surface area contributed by atoms with Crippen LogP contribution in [0.3, 0.4) is 0 Å². The second kappa shape index (κ2) is 9.61. The molecule has 1 aromatic heterocycles. The number of hydrogen-bond acceptors (Lipinski definition) is 5. The normalized spacial score (nSPS) is 11.6. The van der Waals surface area contributed by atoms with E-state index in [2.05, 4.69) is 5.32 Å². The highest BCUT2D eigenvalue weighted by Crippen LogP contribution is 2.34. The number of ether oxygens (including phenoxy) is 3. The van der Waals surface area contributed by atoms with Gasteiger partial charge in [0.1, 0.15) is 17.2 Å². The van der Waals surface area contributed by atoms with Crippen LogP contribution in [-0.4, -0.2) is 32.2 Å². The van der Waals surface area contributed by atoms with E-state index in [-0.39, 0.29) is 11.9 Å². The Labute approximate surface area is 193 Å². The first-order valence-corrected chi connectivity index (χ1v) is 10.6.